The van der Waals surface area contributed by atoms with E-state index in [0.717, 1.165) is 6.92 Å². The Balaban J connectivity index is 2.28. The quantitative estimate of drug-likeness (QED) is 0.446. The highest BCUT2D eigenvalue weighted by atomic mass is 16.6. The molecule has 0 spiro atoms. The van der Waals surface area contributed by atoms with E-state index in [1.807, 2.05) is 0 Å². The van der Waals surface area contributed by atoms with Crippen molar-refractivity contribution >= 4 is 29.8 Å². The van der Waals surface area contributed by atoms with Crippen molar-refractivity contribution in [3.63, 3.8) is 0 Å². The molecule has 10 heteroatoms. The molecule has 0 aromatic carbocycles. The number of nitrogens with zero attached hydrogens (tertiary/aromatic N) is 1. The number of carbonyl (C=O) groups excluding carboxylic acids is 5. The van der Waals surface area contributed by atoms with Crippen LogP contribution in [0.5, 0.6) is 0 Å². The third kappa shape index (κ3) is 6.53. The number of ether oxygens (including phenoxy) is 4. The van der Waals surface area contributed by atoms with Crippen molar-refractivity contribution in [2.24, 2.45) is 11.8 Å². The van der Waals surface area contributed by atoms with Crippen LogP contribution in [0.1, 0.15) is 41.5 Å². The van der Waals surface area contributed by atoms with Crippen LogP contribution < -0.4 is 0 Å². The molecule has 0 bridgehead atoms. The first-order valence-corrected chi connectivity index (χ1v) is 9.98. The Morgan fingerprint density at radius 3 is 2.19 bits per heavy atom. The minimum atomic E-state index is -1.19. The summed E-state index contributed by atoms with van der Waals surface area (Å²) in [7, 11) is 0. The minimum absolute atomic E-state index is 0.176. The van der Waals surface area contributed by atoms with Crippen LogP contribution in [0, 0.1) is 11.8 Å². The summed E-state index contributed by atoms with van der Waals surface area (Å²) >= 11 is 0. The summed E-state index contributed by atoms with van der Waals surface area (Å²) in [6, 6.07) is 0. The molecule has 10 nitrogen and oxygen atoms in total. The lowest BCUT2D eigenvalue weighted by atomic mass is 9.85. The predicted molar refractivity (Wildman–Crippen MR) is 106 cm³/mol. The third-order valence-electron chi connectivity index (χ3n) is 4.80. The van der Waals surface area contributed by atoms with Crippen LogP contribution in [0.2, 0.25) is 0 Å². The van der Waals surface area contributed by atoms with Crippen molar-refractivity contribution in [2.45, 2.75) is 59.4 Å². The smallest absolute Gasteiger partial charge is 0.410 e. The van der Waals surface area contributed by atoms with E-state index in [1.54, 1.807) is 20.8 Å². The van der Waals surface area contributed by atoms with E-state index in [0.29, 0.717) is 5.57 Å². The summed E-state index contributed by atoms with van der Waals surface area (Å²) < 4.78 is 21.0. The van der Waals surface area contributed by atoms with Gasteiger partial charge in [-0.2, -0.15) is 0 Å². The van der Waals surface area contributed by atoms with Gasteiger partial charge in [-0.25, -0.2) is 4.79 Å². The standard InChI is InChI=1S/C21H29NO9/c1-11(23)28-10-17(29-12(2)24)19(30-13(3)25)18-15-9-22(8-14(15)7-16(18)26)20(27)31-21(4,5)6/h7,15,17-19H,8-10H2,1-6H3/t15-,17-,18+,19-/m0/s1. The van der Waals surface area contributed by atoms with Crippen LogP contribution in [0.25, 0.3) is 0 Å². The van der Waals surface area contributed by atoms with E-state index < -0.39 is 53.6 Å². The average molecular weight is 439 g/mol. The first-order valence-electron chi connectivity index (χ1n) is 9.98. The number of amides is 1. The molecule has 2 aliphatic rings. The summed E-state index contributed by atoms with van der Waals surface area (Å²) in [5, 5.41) is 0. The monoisotopic (exact) mass is 439 g/mol. The summed E-state index contributed by atoms with van der Waals surface area (Å²) in [6.07, 6.45) is -1.46. The van der Waals surface area contributed by atoms with E-state index in [1.165, 1.54) is 24.8 Å². The molecule has 1 fully saturated rings. The molecule has 0 N–H and O–H groups in total. The van der Waals surface area contributed by atoms with Crippen molar-refractivity contribution in [1.82, 2.24) is 4.90 Å². The molecule has 31 heavy (non-hydrogen) atoms. The molecule has 0 aromatic rings. The Morgan fingerprint density at radius 1 is 1.06 bits per heavy atom. The fourth-order valence-electron chi connectivity index (χ4n) is 3.77. The van der Waals surface area contributed by atoms with Crippen LogP contribution in [-0.4, -0.2) is 72.2 Å². The lowest BCUT2D eigenvalue weighted by molar-refractivity contribution is -0.179. The highest BCUT2D eigenvalue weighted by molar-refractivity contribution is 5.97. The first-order chi connectivity index (χ1) is 14.3. The second-order valence-electron chi connectivity index (χ2n) is 8.64. The summed E-state index contributed by atoms with van der Waals surface area (Å²) in [5.41, 5.74) is 0.0235. The van der Waals surface area contributed by atoms with E-state index in [9.17, 15) is 24.0 Å². The van der Waals surface area contributed by atoms with E-state index in [-0.39, 0.29) is 25.5 Å². The number of fused-ring (bicyclic) bond motifs is 1. The van der Waals surface area contributed by atoms with Gasteiger partial charge in [0.05, 0.1) is 5.92 Å². The molecule has 172 valence electrons. The Bertz CT molecular complexity index is 795. The molecular formula is C21H29NO9. The lowest BCUT2D eigenvalue weighted by Crippen LogP contribution is -2.47. The van der Waals surface area contributed by atoms with Crippen LogP contribution >= 0.6 is 0 Å². The molecule has 2 rings (SSSR count). The van der Waals surface area contributed by atoms with Crippen molar-refractivity contribution in [1.29, 1.82) is 0 Å². The fraction of sp³-hybridized carbons (Fsp3) is 0.667. The van der Waals surface area contributed by atoms with E-state index >= 15 is 0 Å². The zero-order valence-corrected chi connectivity index (χ0v) is 18.6. The maximum Gasteiger partial charge on any atom is 0.410 e. The second kappa shape index (κ2) is 9.49. The molecule has 1 heterocycles. The molecule has 1 aliphatic heterocycles. The Labute approximate surface area is 180 Å². The van der Waals surface area contributed by atoms with Gasteiger partial charge in [0.2, 0.25) is 0 Å². The SMILES string of the molecule is CC(=O)OC[C@H](OC(C)=O)[C@H](OC(C)=O)[C@H]1C(=O)C=C2CN(C(=O)OC(C)(C)C)C[C@@H]21. The normalized spacial score (nSPS) is 22.2. The van der Waals surface area contributed by atoms with Crippen LogP contribution in [0.15, 0.2) is 11.6 Å². The Morgan fingerprint density at radius 2 is 1.68 bits per heavy atom. The number of esters is 3. The minimum Gasteiger partial charge on any atom is -0.462 e. The molecule has 0 saturated carbocycles. The van der Waals surface area contributed by atoms with Gasteiger partial charge < -0.3 is 23.8 Å². The van der Waals surface area contributed by atoms with Crippen molar-refractivity contribution in [3.05, 3.63) is 11.6 Å². The van der Waals surface area contributed by atoms with Gasteiger partial charge in [0.25, 0.3) is 0 Å². The Kier molecular flexibility index (Phi) is 7.45. The number of hydrogen-bond acceptors (Lipinski definition) is 9. The van der Waals surface area contributed by atoms with Gasteiger partial charge in [-0.3, -0.25) is 19.2 Å². The number of ketones is 1. The summed E-state index contributed by atoms with van der Waals surface area (Å²) in [6.45, 7) is 8.77. The topological polar surface area (TPSA) is 126 Å². The molecule has 4 atom stereocenters. The van der Waals surface area contributed by atoms with Gasteiger partial charge in [-0.15, -0.1) is 0 Å². The van der Waals surface area contributed by atoms with Gasteiger partial charge in [0, 0.05) is 39.8 Å². The van der Waals surface area contributed by atoms with E-state index in [4.69, 9.17) is 18.9 Å². The number of carbonyl (C=O) groups is 5. The molecular weight excluding hydrogens is 410 g/mol. The fourth-order valence-corrected chi connectivity index (χ4v) is 3.77. The van der Waals surface area contributed by atoms with E-state index in [2.05, 4.69) is 0 Å². The highest BCUT2D eigenvalue weighted by Gasteiger charge is 2.51. The third-order valence-corrected chi connectivity index (χ3v) is 4.80. The molecule has 1 saturated heterocycles. The predicted octanol–water partition coefficient (Wildman–Crippen LogP) is 1.41. The van der Waals surface area contributed by atoms with Gasteiger partial charge >= 0.3 is 24.0 Å². The maximum absolute atomic E-state index is 12.8. The van der Waals surface area contributed by atoms with Crippen LogP contribution in [-0.2, 0) is 38.1 Å². The Hall–Kier alpha value is -2.91. The van der Waals surface area contributed by atoms with Gasteiger partial charge in [0.1, 0.15) is 12.2 Å². The summed E-state index contributed by atoms with van der Waals surface area (Å²) in [5.74, 6) is -3.64. The zero-order valence-electron chi connectivity index (χ0n) is 18.6. The van der Waals surface area contributed by atoms with Gasteiger partial charge in [-0.1, -0.05) is 0 Å². The second-order valence-corrected chi connectivity index (χ2v) is 8.64. The molecule has 0 radical (unpaired) electrons. The number of rotatable bonds is 6. The first kappa shape index (κ1) is 24.4. The number of allylic oxidation sites excluding steroid dienone is 1. The molecule has 0 unspecified atom stereocenters. The van der Waals surface area contributed by atoms with Crippen molar-refractivity contribution in [3.8, 4) is 0 Å². The number of likely N-dealkylation sites (tertiary alicyclic amines) is 1. The molecule has 1 aliphatic carbocycles. The van der Waals surface area contributed by atoms with Gasteiger partial charge in [0.15, 0.2) is 18.0 Å². The average Bonchev–Trinajstić information content (AvgIpc) is 3.11. The van der Waals surface area contributed by atoms with Gasteiger partial charge in [-0.05, 0) is 32.4 Å². The van der Waals surface area contributed by atoms with Crippen molar-refractivity contribution in [2.75, 3.05) is 19.7 Å². The molecule has 1 amide bonds. The number of hydrogen-bond donors (Lipinski definition) is 0. The maximum atomic E-state index is 12.8. The zero-order chi connectivity index (χ0) is 23.5. The van der Waals surface area contributed by atoms with Crippen molar-refractivity contribution < 1.29 is 42.9 Å². The highest BCUT2D eigenvalue weighted by Crippen LogP contribution is 2.40. The largest absolute Gasteiger partial charge is 0.462 e. The lowest BCUT2D eigenvalue weighted by Gasteiger charge is -2.32. The summed E-state index contributed by atoms with van der Waals surface area (Å²) in [4.78, 5) is 61.4. The molecule has 0 aromatic heterocycles. The van der Waals surface area contributed by atoms with Crippen LogP contribution in [0.4, 0.5) is 4.79 Å². The van der Waals surface area contributed by atoms with Crippen LogP contribution in [0.3, 0.4) is 0 Å².